The van der Waals surface area contributed by atoms with Crippen molar-refractivity contribution >= 4 is 22.2 Å². The molecule has 1 N–H and O–H groups in total. The number of carbonyl (C=O) groups excluding carboxylic acids is 1. The van der Waals surface area contributed by atoms with Crippen molar-refractivity contribution in [1.82, 2.24) is 24.4 Å². The van der Waals surface area contributed by atoms with E-state index in [1.54, 1.807) is 24.1 Å². The number of nitrogens with zero attached hydrogens (tertiary/aromatic N) is 5. The highest BCUT2D eigenvalue weighted by Crippen LogP contribution is 2.41. The van der Waals surface area contributed by atoms with Crippen molar-refractivity contribution in [3.8, 4) is 11.6 Å². The van der Waals surface area contributed by atoms with Gasteiger partial charge in [0.1, 0.15) is 5.75 Å². The highest BCUT2D eigenvalue weighted by atomic mass is 32.1. The summed E-state index contributed by atoms with van der Waals surface area (Å²) in [4.78, 5) is 22.7. The second-order valence-corrected chi connectivity index (χ2v) is 8.86. The molecule has 1 unspecified atom stereocenters. The summed E-state index contributed by atoms with van der Waals surface area (Å²) in [6.45, 7) is 4.38. The molecule has 4 heterocycles. The maximum Gasteiger partial charge on any atom is 0.289 e. The SMILES string of the molecule is CCc1nc2sc(C(c3cccc(OC)c3)N3CCN(C(=O)c4ccco4)CC3)c(O)n2n1. The molecule has 3 aromatic heterocycles. The number of piperazine rings is 1. The Morgan fingerprint density at radius 1 is 1.24 bits per heavy atom. The van der Waals surface area contributed by atoms with Gasteiger partial charge in [-0.1, -0.05) is 30.4 Å². The largest absolute Gasteiger partial charge is 0.497 e. The van der Waals surface area contributed by atoms with Gasteiger partial charge in [0.15, 0.2) is 11.6 Å². The van der Waals surface area contributed by atoms with Gasteiger partial charge >= 0.3 is 0 Å². The van der Waals surface area contributed by atoms with Crippen LogP contribution in [0.25, 0.3) is 4.96 Å². The lowest BCUT2D eigenvalue weighted by Crippen LogP contribution is -2.49. The average molecular weight is 468 g/mol. The maximum atomic E-state index is 12.7. The first kappa shape index (κ1) is 21.5. The van der Waals surface area contributed by atoms with Crippen molar-refractivity contribution in [2.45, 2.75) is 19.4 Å². The number of benzene rings is 1. The Bertz CT molecular complexity index is 1260. The summed E-state index contributed by atoms with van der Waals surface area (Å²) in [5.74, 6) is 1.79. The lowest BCUT2D eigenvalue weighted by atomic mass is 10.0. The van der Waals surface area contributed by atoms with Crippen molar-refractivity contribution in [2.24, 2.45) is 0 Å². The molecule has 1 fully saturated rings. The number of fused-ring (bicyclic) bond motifs is 1. The number of methoxy groups -OCH3 is 1. The van der Waals surface area contributed by atoms with Crippen molar-refractivity contribution in [1.29, 1.82) is 0 Å². The highest BCUT2D eigenvalue weighted by molar-refractivity contribution is 7.17. The number of amides is 1. The molecule has 0 radical (unpaired) electrons. The summed E-state index contributed by atoms with van der Waals surface area (Å²) < 4.78 is 12.2. The molecule has 10 heteroatoms. The third kappa shape index (κ3) is 3.96. The number of aryl methyl sites for hydroxylation is 1. The van der Waals surface area contributed by atoms with Gasteiger partial charge in [0.05, 0.1) is 24.3 Å². The first-order chi connectivity index (χ1) is 16.1. The van der Waals surface area contributed by atoms with Crippen LogP contribution in [-0.2, 0) is 6.42 Å². The van der Waals surface area contributed by atoms with Crippen molar-refractivity contribution < 1.29 is 19.1 Å². The smallest absolute Gasteiger partial charge is 0.289 e. The van der Waals surface area contributed by atoms with Gasteiger partial charge in [0.25, 0.3) is 5.91 Å². The first-order valence-electron chi connectivity index (χ1n) is 10.9. The van der Waals surface area contributed by atoms with E-state index in [2.05, 4.69) is 15.0 Å². The Hall–Kier alpha value is -3.37. The van der Waals surface area contributed by atoms with E-state index in [9.17, 15) is 9.90 Å². The lowest BCUT2D eigenvalue weighted by Gasteiger charge is -2.38. The molecular formula is C23H25N5O4S. The Morgan fingerprint density at radius 2 is 2.06 bits per heavy atom. The topological polar surface area (TPSA) is 96.3 Å². The molecule has 1 aromatic carbocycles. The van der Waals surface area contributed by atoms with Gasteiger partial charge in [0, 0.05) is 32.6 Å². The molecule has 33 heavy (non-hydrogen) atoms. The minimum atomic E-state index is -0.223. The van der Waals surface area contributed by atoms with Gasteiger partial charge < -0.3 is 19.2 Å². The van der Waals surface area contributed by atoms with Gasteiger partial charge in [-0.05, 0) is 29.8 Å². The van der Waals surface area contributed by atoms with E-state index < -0.39 is 0 Å². The second kappa shape index (κ2) is 8.87. The summed E-state index contributed by atoms with van der Waals surface area (Å²) >= 11 is 1.44. The summed E-state index contributed by atoms with van der Waals surface area (Å²) in [5, 5.41) is 15.5. The Kier molecular flexibility index (Phi) is 5.77. The number of rotatable bonds is 6. The predicted molar refractivity (Wildman–Crippen MR) is 123 cm³/mol. The predicted octanol–water partition coefficient (Wildman–Crippen LogP) is 3.21. The molecule has 172 valence electrons. The number of aromatic hydroxyl groups is 1. The van der Waals surface area contributed by atoms with Crippen LogP contribution in [0.2, 0.25) is 0 Å². The normalized spacial score (nSPS) is 15.8. The molecule has 1 atom stereocenters. The van der Waals surface area contributed by atoms with Crippen LogP contribution in [0.4, 0.5) is 0 Å². The standard InChI is InChI=1S/C23H25N5O4S/c1-3-18-24-23-28(25-18)22(30)20(33-23)19(15-6-4-7-16(14-15)31-2)26-9-11-27(12-10-26)21(29)17-8-5-13-32-17/h4-8,13-14,19,30H,3,9-12H2,1-2H3. The van der Waals surface area contributed by atoms with Crippen molar-refractivity contribution in [3.63, 3.8) is 0 Å². The van der Waals surface area contributed by atoms with E-state index in [0.717, 1.165) is 16.2 Å². The Labute approximate surface area is 194 Å². The number of hydrogen-bond acceptors (Lipinski definition) is 8. The minimum absolute atomic E-state index is 0.101. The first-order valence-corrected chi connectivity index (χ1v) is 11.7. The fourth-order valence-corrected chi connectivity index (χ4v) is 5.33. The van der Waals surface area contributed by atoms with Gasteiger partial charge in [-0.3, -0.25) is 9.69 Å². The highest BCUT2D eigenvalue weighted by Gasteiger charge is 2.33. The molecule has 4 aromatic rings. The Balaban J connectivity index is 1.47. The number of thiazole rings is 1. The maximum absolute atomic E-state index is 12.7. The zero-order valence-electron chi connectivity index (χ0n) is 18.5. The lowest BCUT2D eigenvalue weighted by molar-refractivity contribution is 0.0567. The van der Waals surface area contributed by atoms with Gasteiger partial charge in [0.2, 0.25) is 10.8 Å². The molecule has 9 nitrogen and oxygen atoms in total. The van der Waals surface area contributed by atoms with Crippen LogP contribution < -0.4 is 4.74 Å². The van der Waals surface area contributed by atoms with Gasteiger partial charge in [-0.2, -0.15) is 4.52 Å². The van der Waals surface area contributed by atoms with Crippen LogP contribution in [0.1, 0.15) is 39.8 Å². The monoisotopic (exact) mass is 467 g/mol. The molecule has 1 saturated heterocycles. The summed E-state index contributed by atoms with van der Waals surface area (Å²) in [5.41, 5.74) is 0.996. The molecule has 1 aliphatic heterocycles. The molecule has 0 aliphatic carbocycles. The van der Waals surface area contributed by atoms with Crippen molar-refractivity contribution in [2.75, 3.05) is 33.3 Å². The van der Waals surface area contributed by atoms with Gasteiger partial charge in [-0.25, -0.2) is 4.98 Å². The summed E-state index contributed by atoms with van der Waals surface area (Å²) in [6, 6.07) is 11.0. The number of furan rings is 1. The molecule has 0 spiro atoms. The molecule has 1 amide bonds. The Morgan fingerprint density at radius 3 is 2.73 bits per heavy atom. The molecule has 0 saturated carbocycles. The zero-order chi connectivity index (χ0) is 22.9. The van der Waals surface area contributed by atoms with E-state index >= 15 is 0 Å². The number of hydrogen-bond donors (Lipinski definition) is 1. The number of carbonyl (C=O) groups is 1. The molecule has 1 aliphatic rings. The van der Waals surface area contributed by atoms with E-state index in [-0.39, 0.29) is 17.8 Å². The average Bonchev–Trinajstić information content (AvgIpc) is 3.59. The number of ether oxygens (including phenoxy) is 1. The minimum Gasteiger partial charge on any atom is -0.497 e. The zero-order valence-corrected chi connectivity index (χ0v) is 19.3. The van der Waals surface area contributed by atoms with Crippen LogP contribution in [0.15, 0.2) is 47.1 Å². The second-order valence-electron chi connectivity index (χ2n) is 7.85. The summed E-state index contributed by atoms with van der Waals surface area (Å²) in [6.07, 6.45) is 2.21. The van der Waals surface area contributed by atoms with Crippen LogP contribution in [0.3, 0.4) is 0 Å². The van der Waals surface area contributed by atoms with Crippen LogP contribution in [-0.4, -0.2) is 68.7 Å². The fraction of sp³-hybridized carbons (Fsp3) is 0.348. The van der Waals surface area contributed by atoms with Crippen LogP contribution >= 0.6 is 11.3 Å². The van der Waals surface area contributed by atoms with E-state index in [1.165, 1.54) is 22.1 Å². The van der Waals surface area contributed by atoms with E-state index in [4.69, 9.17) is 9.15 Å². The quantitative estimate of drug-likeness (QED) is 0.465. The van der Waals surface area contributed by atoms with Crippen molar-refractivity contribution in [3.05, 3.63) is 64.7 Å². The third-order valence-corrected chi connectivity index (χ3v) is 6.99. The molecular weight excluding hydrogens is 442 g/mol. The van der Waals surface area contributed by atoms with Crippen LogP contribution in [0.5, 0.6) is 11.6 Å². The number of aromatic nitrogens is 3. The van der Waals surface area contributed by atoms with E-state index in [1.807, 2.05) is 31.2 Å². The summed E-state index contributed by atoms with van der Waals surface area (Å²) in [7, 11) is 1.64. The van der Waals surface area contributed by atoms with E-state index in [0.29, 0.717) is 49.1 Å². The molecule has 0 bridgehead atoms. The molecule has 5 rings (SSSR count). The fourth-order valence-electron chi connectivity index (χ4n) is 4.20. The third-order valence-electron chi connectivity index (χ3n) is 5.92. The van der Waals surface area contributed by atoms with Crippen LogP contribution in [0, 0.1) is 0 Å². The van der Waals surface area contributed by atoms with Gasteiger partial charge in [-0.15, -0.1) is 5.10 Å².